The summed E-state index contributed by atoms with van der Waals surface area (Å²) in [6.45, 7) is 8.12. The van der Waals surface area contributed by atoms with Gasteiger partial charge in [0.15, 0.2) is 17.1 Å². The van der Waals surface area contributed by atoms with Gasteiger partial charge in [-0.2, -0.15) is 5.10 Å². The molecule has 0 bridgehead atoms. The van der Waals surface area contributed by atoms with Crippen LogP contribution in [-0.4, -0.2) is 40.9 Å². The van der Waals surface area contributed by atoms with Gasteiger partial charge in [0.05, 0.1) is 26.8 Å². The second-order valence-electron chi connectivity index (χ2n) is 7.96. The summed E-state index contributed by atoms with van der Waals surface area (Å²) in [5.41, 5.74) is 4.56. The van der Waals surface area contributed by atoms with Crippen molar-refractivity contribution in [1.29, 1.82) is 0 Å². The lowest BCUT2D eigenvalue weighted by molar-refractivity contribution is -0.135. The van der Waals surface area contributed by atoms with Gasteiger partial charge in [0.1, 0.15) is 0 Å². The predicted octanol–water partition coefficient (Wildman–Crippen LogP) is 4.36. The molecule has 0 aliphatic rings. The van der Waals surface area contributed by atoms with Gasteiger partial charge in [-0.15, -0.1) is 0 Å². The van der Waals surface area contributed by atoms with Gasteiger partial charge in [0.25, 0.3) is 0 Å². The molecule has 0 saturated heterocycles. The normalized spacial score (nSPS) is 11.4. The van der Waals surface area contributed by atoms with Crippen molar-refractivity contribution >= 4 is 29.0 Å². The van der Waals surface area contributed by atoms with Crippen molar-refractivity contribution < 1.29 is 23.8 Å². The molecule has 0 radical (unpaired) electrons. The smallest absolute Gasteiger partial charge is 0.330 e. The van der Waals surface area contributed by atoms with Crippen molar-refractivity contribution in [2.24, 2.45) is 0 Å². The van der Waals surface area contributed by atoms with Crippen molar-refractivity contribution in [2.45, 2.75) is 46.6 Å². The monoisotopic (exact) mass is 451 g/mol. The van der Waals surface area contributed by atoms with E-state index in [1.165, 1.54) is 20.3 Å². The lowest BCUT2D eigenvalue weighted by Gasteiger charge is -2.13. The topological polar surface area (TPSA) is 92.5 Å². The minimum Gasteiger partial charge on any atom is -0.493 e. The summed E-state index contributed by atoms with van der Waals surface area (Å²) in [6, 6.07) is 5.26. The van der Waals surface area contributed by atoms with E-state index in [1.54, 1.807) is 24.3 Å². The quantitative estimate of drug-likeness (QED) is 0.285. The minimum atomic E-state index is -0.459. The Bertz CT molecular complexity index is 1210. The maximum Gasteiger partial charge on any atom is 0.330 e. The molecule has 3 rings (SSSR count). The lowest BCUT2D eigenvalue weighted by atomic mass is 10.0. The fourth-order valence-corrected chi connectivity index (χ4v) is 3.64. The summed E-state index contributed by atoms with van der Waals surface area (Å²) in [5, 5.41) is 5.46. The number of pyridine rings is 1. The zero-order chi connectivity index (χ0) is 24.1. The first-order valence-electron chi connectivity index (χ1n) is 10.7. The molecule has 174 valence electrons. The predicted molar refractivity (Wildman–Crippen MR) is 125 cm³/mol. The standard InChI is InChI=1S/C25H29N3O5/c1-15(2)28-25-20(14-26-28)16(3)19(17(4)27-25)9-12-24(30)33-21-10-7-18(13-22(21)31-5)8-11-23(29)32-6/h7-8,10-11,13-15H,9,12H2,1-6H3/b11-8+. The summed E-state index contributed by atoms with van der Waals surface area (Å²) in [6.07, 6.45) is 5.44. The number of ether oxygens (including phenoxy) is 3. The first kappa shape index (κ1) is 24.0. The Balaban J connectivity index is 1.72. The molecule has 0 amide bonds. The van der Waals surface area contributed by atoms with Crippen molar-refractivity contribution in [2.75, 3.05) is 14.2 Å². The first-order chi connectivity index (χ1) is 15.7. The third kappa shape index (κ3) is 5.39. The van der Waals surface area contributed by atoms with Crippen LogP contribution < -0.4 is 9.47 Å². The summed E-state index contributed by atoms with van der Waals surface area (Å²) < 4.78 is 17.4. The van der Waals surface area contributed by atoms with Gasteiger partial charge in [0, 0.05) is 23.2 Å². The number of methoxy groups -OCH3 is 2. The molecule has 0 N–H and O–H groups in total. The van der Waals surface area contributed by atoms with Crippen LogP contribution in [0.15, 0.2) is 30.5 Å². The Labute approximate surface area is 193 Å². The highest BCUT2D eigenvalue weighted by atomic mass is 16.6. The highest BCUT2D eigenvalue weighted by Crippen LogP contribution is 2.30. The van der Waals surface area contributed by atoms with Gasteiger partial charge in [-0.3, -0.25) is 4.79 Å². The second kappa shape index (κ2) is 10.3. The molecule has 8 heteroatoms. The molecule has 0 spiro atoms. The number of rotatable bonds is 8. The minimum absolute atomic E-state index is 0.195. The average molecular weight is 452 g/mol. The Morgan fingerprint density at radius 2 is 1.91 bits per heavy atom. The van der Waals surface area contributed by atoms with Crippen molar-refractivity contribution in [1.82, 2.24) is 14.8 Å². The molecule has 2 heterocycles. The number of aryl methyl sites for hydroxylation is 2. The maximum atomic E-state index is 12.6. The fraction of sp³-hybridized carbons (Fsp3) is 0.360. The molecular weight excluding hydrogens is 422 g/mol. The van der Waals surface area contributed by atoms with E-state index in [1.807, 2.05) is 24.7 Å². The number of nitrogens with zero attached hydrogens (tertiary/aromatic N) is 3. The van der Waals surface area contributed by atoms with Crippen LogP contribution in [0.1, 0.15) is 48.7 Å². The van der Waals surface area contributed by atoms with Crippen LogP contribution in [0.4, 0.5) is 0 Å². The van der Waals surface area contributed by atoms with E-state index < -0.39 is 5.97 Å². The molecule has 0 aliphatic heterocycles. The highest BCUT2D eigenvalue weighted by molar-refractivity contribution is 5.87. The van der Waals surface area contributed by atoms with E-state index in [9.17, 15) is 9.59 Å². The third-order valence-corrected chi connectivity index (χ3v) is 5.43. The molecular formula is C25H29N3O5. The van der Waals surface area contributed by atoms with Gasteiger partial charge in [-0.25, -0.2) is 14.5 Å². The van der Waals surface area contributed by atoms with E-state index in [0.29, 0.717) is 23.5 Å². The van der Waals surface area contributed by atoms with E-state index in [2.05, 4.69) is 23.7 Å². The van der Waals surface area contributed by atoms with Crippen LogP contribution in [0.3, 0.4) is 0 Å². The molecule has 2 aromatic heterocycles. The largest absolute Gasteiger partial charge is 0.493 e. The number of carbonyl (C=O) groups excluding carboxylic acids is 2. The molecule has 1 aromatic carbocycles. The van der Waals surface area contributed by atoms with E-state index in [0.717, 1.165) is 27.9 Å². The van der Waals surface area contributed by atoms with Crippen LogP contribution in [0.25, 0.3) is 17.1 Å². The fourth-order valence-electron chi connectivity index (χ4n) is 3.64. The first-order valence-corrected chi connectivity index (χ1v) is 10.7. The van der Waals surface area contributed by atoms with Gasteiger partial charge >= 0.3 is 11.9 Å². The molecule has 8 nitrogen and oxygen atoms in total. The average Bonchev–Trinajstić information content (AvgIpc) is 3.22. The van der Waals surface area contributed by atoms with Crippen LogP contribution in [0.2, 0.25) is 0 Å². The van der Waals surface area contributed by atoms with Crippen LogP contribution in [0.5, 0.6) is 11.5 Å². The van der Waals surface area contributed by atoms with Gasteiger partial charge in [0.2, 0.25) is 0 Å². The van der Waals surface area contributed by atoms with Gasteiger partial charge < -0.3 is 14.2 Å². The summed E-state index contributed by atoms with van der Waals surface area (Å²) in [5.74, 6) is -0.118. The van der Waals surface area contributed by atoms with Gasteiger partial charge in [-0.1, -0.05) is 6.07 Å². The molecule has 3 aromatic rings. The lowest BCUT2D eigenvalue weighted by Crippen LogP contribution is -2.11. The Morgan fingerprint density at radius 3 is 2.58 bits per heavy atom. The summed E-state index contributed by atoms with van der Waals surface area (Å²) in [7, 11) is 2.80. The molecule has 0 saturated carbocycles. The van der Waals surface area contributed by atoms with Crippen LogP contribution >= 0.6 is 0 Å². The van der Waals surface area contributed by atoms with Gasteiger partial charge in [-0.05, 0) is 69.0 Å². The number of carbonyl (C=O) groups is 2. The van der Waals surface area contributed by atoms with Crippen molar-refractivity contribution in [3.8, 4) is 11.5 Å². The van der Waals surface area contributed by atoms with Crippen molar-refractivity contribution in [3.05, 3.63) is 52.9 Å². The second-order valence-corrected chi connectivity index (χ2v) is 7.96. The SMILES string of the molecule is COC(=O)/C=C/c1ccc(OC(=O)CCc2c(C)nc3c(cnn3C(C)C)c2C)c(OC)c1. The molecule has 0 fully saturated rings. The van der Waals surface area contributed by atoms with Crippen molar-refractivity contribution in [3.63, 3.8) is 0 Å². The van der Waals surface area contributed by atoms with E-state index in [-0.39, 0.29) is 18.4 Å². The summed E-state index contributed by atoms with van der Waals surface area (Å²) in [4.78, 5) is 28.6. The molecule has 33 heavy (non-hydrogen) atoms. The Hall–Kier alpha value is -3.68. The molecule has 0 aliphatic carbocycles. The third-order valence-electron chi connectivity index (χ3n) is 5.43. The van der Waals surface area contributed by atoms with Crippen LogP contribution in [-0.2, 0) is 20.7 Å². The zero-order valence-corrected chi connectivity index (χ0v) is 19.8. The Kier molecular flexibility index (Phi) is 7.48. The zero-order valence-electron chi connectivity index (χ0n) is 19.8. The number of benzene rings is 1. The Morgan fingerprint density at radius 1 is 1.15 bits per heavy atom. The number of hydrogen-bond donors (Lipinski definition) is 0. The maximum absolute atomic E-state index is 12.6. The number of hydrogen-bond acceptors (Lipinski definition) is 7. The van der Waals surface area contributed by atoms with Crippen LogP contribution in [0, 0.1) is 13.8 Å². The highest BCUT2D eigenvalue weighted by Gasteiger charge is 2.17. The van der Waals surface area contributed by atoms with E-state index >= 15 is 0 Å². The number of fused-ring (bicyclic) bond motifs is 1. The number of esters is 2. The number of aromatic nitrogens is 3. The molecule has 0 atom stereocenters. The molecule has 0 unspecified atom stereocenters. The summed E-state index contributed by atoms with van der Waals surface area (Å²) >= 11 is 0. The van der Waals surface area contributed by atoms with E-state index in [4.69, 9.17) is 14.5 Å².